The molecule has 3 heterocycles. The highest BCUT2D eigenvalue weighted by atomic mass is 32.1. The number of hydrogen-bond acceptors (Lipinski definition) is 7. The van der Waals surface area contributed by atoms with Gasteiger partial charge in [-0.05, 0) is 17.7 Å². The first-order valence-corrected chi connectivity index (χ1v) is 7.24. The summed E-state index contributed by atoms with van der Waals surface area (Å²) in [5.41, 5.74) is 1.44. The lowest BCUT2D eigenvalue weighted by molar-refractivity contribution is 0.103. The molecule has 0 radical (unpaired) electrons. The molecule has 7 nitrogen and oxygen atoms in total. The molecule has 8 heteroatoms. The quantitative estimate of drug-likeness (QED) is 0.424. The van der Waals surface area contributed by atoms with E-state index in [0.29, 0.717) is 12.1 Å². The van der Waals surface area contributed by atoms with Gasteiger partial charge >= 0.3 is 0 Å². The standard InChI is InChI=1S/C14H11N5O2S/c20-11(6-12(21)14-16-8-17-19-14)10-7-22-13(18-10)5-9-1-3-15-4-2-9/h1-4,6-8,20H,5H2,(H,16,17,19). The predicted molar refractivity (Wildman–Crippen MR) is 80.5 cm³/mol. The monoisotopic (exact) mass is 313 g/mol. The number of ketones is 1. The van der Waals surface area contributed by atoms with Crippen LogP contribution in [-0.2, 0) is 6.42 Å². The van der Waals surface area contributed by atoms with Crippen LogP contribution in [-0.4, -0.2) is 36.0 Å². The number of rotatable bonds is 5. The van der Waals surface area contributed by atoms with Gasteiger partial charge in [0.15, 0.2) is 5.82 Å². The number of nitrogens with one attached hydrogen (secondary N) is 1. The fourth-order valence-electron chi connectivity index (χ4n) is 1.78. The Kier molecular flexibility index (Phi) is 4.01. The molecule has 2 N–H and O–H groups in total. The average molecular weight is 313 g/mol. The molecule has 3 aromatic rings. The van der Waals surface area contributed by atoms with Crippen LogP contribution < -0.4 is 0 Å². The van der Waals surface area contributed by atoms with Crippen molar-refractivity contribution in [2.75, 3.05) is 0 Å². The molecule has 3 rings (SSSR count). The van der Waals surface area contributed by atoms with Gasteiger partial charge in [0.05, 0.1) is 5.01 Å². The third-order valence-corrected chi connectivity index (χ3v) is 3.68. The molecule has 0 bridgehead atoms. The van der Waals surface area contributed by atoms with Crippen molar-refractivity contribution in [1.29, 1.82) is 0 Å². The fraction of sp³-hybridized carbons (Fsp3) is 0.0714. The summed E-state index contributed by atoms with van der Waals surface area (Å²) in [7, 11) is 0. The number of pyridine rings is 1. The van der Waals surface area contributed by atoms with Crippen molar-refractivity contribution in [3.05, 3.63) is 64.4 Å². The lowest BCUT2D eigenvalue weighted by Crippen LogP contribution is -1.99. The Morgan fingerprint density at radius 1 is 1.36 bits per heavy atom. The second-order valence-corrected chi connectivity index (χ2v) is 5.33. The third kappa shape index (κ3) is 3.23. The van der Waals surface area contributed by atoms with Crippen molar-refractivity contribution in [2.45, 2.75) is 6.42 Å². The molecule has 0 aliphatic heterocycles. The number of carbonyl (C=O) groups is 1. The normalized spacial score (nSPS) is 11.5. The smallest absolute Gasteiger partial charge is 0.226 e. The second kappa shape index (κ2) is 6.27. The molecule has 0 saturated carbocycles. The highest BCUT2D eigenvalue weighted by molar-refractivity contribution is 7.09. The summed E-state index contributed by atoms with van der Waals surface area (Å²) >= 11 is 1.42. The number of H-pyrrole nitrogens is 1. The molecule has 0 amide bonds. The number of carbonyl (C=O) groups excluding carboxylic acids is 1. The number of aliphatic hydroxyl groups is 1. The van der Waals surface area contributed by atoms with E-state index in [1.54, 1.807) is 17.8 Å². The summed E-state index contributed by atoms with van der Waals surface area (Å²) in [6.07, 6.45) is 6.39. The van der Waals surface area contributed by atoms with E-state index in [1.807, 2.05) is 12.1 Å². The molecule has 0 aliphatic rings. The van der Waals surface area contributed by atoms with Crippen molar-refractivity contribution < 1.29 is 9.90 Å². The maximum absolute atomic E-state index is 11.8. The van der Waals surface area contributed by atoms with E-state index in [0.717, 1.165) is 16.6 Å². The summed E-state index contributed by atoms with van der Waals surface area (Å²) < 4.78 is 0. The fourth-order valence-corrected chi connectivity index (χ4v) is 2.60. The van der Waals surface area contributed by atoms with E-state index in [1.165, 1.54) is 17.7 Å². The number of aromatic amines is 1. The maximum atomic E-state index is 11.8. The van der Waals surface area contributed by atoms with E-state index in [2.05, 4.69) is 25.1 Å². The Bertz CT molecular complexity index is 796. The summed E-state index contributed by atoms with van der Waals surface area (Å²) in [5, 5.41) is 18.6. The molecular weight excluding hydrogens is 302 g/mol. The topological polar surface area (TPSA) is 105 Å². The van der Waals surface area contributed by atoms with Crippen LogP contribution in [0.3, 0.4) is 0 Å². The maximum Gasteiger partial charge on any atom is 0.226 e. The van der Waals surface area contributed by atoms with Crippen molar-refractivity contribution in [3.63, 3.8) is 0 Å². The van der Waals surface area contributed by atoms with Gasteiger partial charge in [0, 0.05) is 30.3 Å². The minimum Gasteiger partial charge on any atom is -0.506 e. The minimum atomic E-state index is -0.460. The Balaban J connectivity index is 1.74. The van der Waals surface area contributed by atoms with Crippen LogP contribution in [0.25, 0.3) is 5.76 Å². The van der Waals surface area contributed by atoms with Crippen LogP contribution >= 0.6 is 11.3 Å². The van der Waals surface area contributed by atoms with Gasteiger partial charge in [0.25, 0.3) is 0 Å². The van der Waals surface area contributed by atoms with Crippen LogP contribution in [0.5, 0.6) is 0 Å². The van der Waals surface area contributed by atoms with Gasteiger partial charge in [0.2, 0.25) is 5.78 Å². The zero-order chi connectivity index (χ0) is 15.4. The summed E-state index contributed by atoms with van der Waals surface area (Å²) in [4.78, 5) is 23.8. The molecule has 110 valence electrons. The summed E-state index contributed by atoms with van der Waals surface area (Å²) in [6, 6.07) is 3.81. The summed E-state index contributed by atoms with van der Waals surface area (Å²) in [5.74, 6) is -0.587. The average Bonchev–Trinajstić information content (AvgIpc) is 3.19. The van der Waals surface area contributed by atoms with Gasteiger partial charge in [-0.15, -0.1) is 11.3 Å². The molecule has 0 unspecified atom stereocenters. The van der Waals surface area contributed by atoms with E-state index in [-0.39, 0.29) is 11.6 Å². The van der Waals surface area contributed by atoms with E-state index in [9.17, 15) is 9.90 Å². The number of aliphatic hydroxyl groups excluding tert-OH is 1. The van der Waals surface area contributed by atoms with Gasteiger partial charge in [-0.2, -0.15) is 5.10 Å². The highest BCUT2D eigenvalue weighted by Gasteiger charge is 2.11. The molecule has 3 aromatic heterocycles. The predicted octanol–water partition coefficient (Wildman–Crippen LogP) is 2.03. The van der Waals surface area contributed by atoms with Gasteiger partial charge in [-0.1, -0.05) is 0 Å². The zero-order valence-electron chi connectivity index (χ0n) is 11.3. The Hall–Kier alpha value is -2.87. The lowest BCUT2D eigenvalue weighted by Gasteiger charge is -1.96. The van der Waals surface area contributed by atoms with Gasteiger partial charge in [0.1, 0.15) is 17.8 Å². The number of nitrogens with zero attached hydrogens (tertiary/aromatic N) is 4. The Labute approximate surface area is 129 Å². The van der Waals surface area contributed by atoms with E-state index >= 15 is 0 Å². The van der Waals surface area contributed by atoms with Gasteiger partial charge in [-0.3, -0.25) is 14.9 Å². The van der Waals surface area contributed by atoms with Crippen molar-refractivity contribution >= 4 is 22.9 Å². The molecule has 0 aliphatic carbocycles. The van der Waals surface area contributed by atoms with Gasteiger partial charge in [-0.25, -0.2) is 9.97 Å². The molecule has 22 heavy (non-hydrogen) atoms. The molecule has 0 saturated heterocycles. The minimum absolute atomic E-state index is 0.0683. The van der Waals surface area contributed by atoms with Crippen molar-refractivity contribution in [2.24, 2.45) is 0 Å². The Morgan fingerprint density at radius 2 is 2.18 bits per heavy atom. The van der Waals surface area contributed by atoms with Crippen molar-refractivity contribution in [1.82, 2.24) is 25.1 Å². The first kappa shape index (κ1) is 14.1. The SMILES string of the molecule is O=C(C=C(O)c1csc(Cc2ccncc2)n1)c1ncn[nH]1. The summed E-state index contributed by atoms with van der Waals surface area (Å²) in [6.45, 7) is 0. The van der Waals surface area contributed by atoms with Crippen LogP contribution in [0.15, 0.2) is 42.3 Å². The number of thiazole rings is 1. The van der Waals surface area contributed by atoms with Crippen molar-refractivity contribution in [3.8, 4) is 0 Å². The molecule has 0 spiro atoms. The van der Waals surface area contributed by atoms with Crippen LogP contribution in [0, 0.1) is 0 Å². The largest absolute Gasteiger partial charge is 0.506 e. The van der Waals surface area contributed by atoms with Crippen LogP contribution in [0.1, 0.15) is 26.9 Å². The Morgan fingerprint density at radius 3 is 2.91 bits per heavy atom. The zero-order valence-corrected chi connectivity index (χ0v) is 12.1. The number of aromatic nitrogens is 5. The first-order valence-electron chi connectivity index (χ1n) is 6.36. The number of allylic oxidation sites excluding steroid dienone is 1. The molecule has 0 aromatic carbocycles. The molecular formula is C14H11N5O2S. The van der Waals surface area contributed by atoms with Crippen LogP contribution in [0.2, 0.25) is 0 Å². The van der Waals surface area contributed by atoms with Gasteiger partial charge < -0.3 is 5.11 Å². The molecule has 0 fully saturated rings. The number of hydrogen-bond donors (Lipinski definition) is 2. The molecule has 0 atom stereocenters. The lowest BCUT2D eigenvalue weighted by atomic mass is 10.2. The van der Waals surface area contributed by atoms with Crippen LogP contribution in [0.4, 0.5) is 0 Å². The van der Waals surface area contributed by atoms with E-state index < -0.39 is 5.78 Å². The first-order chi connectivity index (χ1) is 10.7. The highest BCUT2D eigenvalue weighted by Crippen LogP contribution is 2.19. The third-order valence-electron chi connectivity index (χ3n) is 2.84. The second-order valence-electron chi connectivity index (χ2n) is 4.39. The van der Waals surface area contributed by atoms with E-state index in [4.69, 9.17) is 0 Å².